The molecule has 22 heavy (non-hydrogen) atoms. The van der Waals surface area contributed by atoms with Gasteiger partial charge in [-0.15, -0.1) is 11.3 Å². The van der Waals surface area contributed by atoms with Gasteiger partial charge < -0.3 is 9.64 Å². The molecule has 0 N–H and O–H groups in total. The van der Waals surface area contributed by atoms with Gasteiger partial charge in [-0.25, -0.2) is 9.98 Å². The zero-order valence-corrected chi connectivity index (χ0v) is 13.7. The number of aryl methyl sites for hydroxylation is 1. The Balaban J connectivity index is 1.77. The molecular formula is C17H19N3OS. The van der Waals surface area contributed by atoms with E-state index in [-0.39, 0.29) is 11.6 Å². The number of para-hydroxylation sites is 1. The molecule has 5 heteroatoms. The van der Waals surface area contributed by atoms with Gasteiger partial charge in [-0.05, 0) is 32.9 Å². The molecule has 4 nitrogen and oxygen atoms in total. The van der Waals surface area contributed by atoms with Crippen LogP contribution in [0.3, 0.4) is 0 Å². The summed E-state index contributed by atoms with van der Waals surface area (Å²) in [6.45, 7) is 6.56. The second-order valence-corrected chi connectivity index (χ2v) is 7.23. The van der Waals surface area contributed by atoms with Gasteiger partial charge in [0.15, 0.2) is 0 Å². The van der Waals surface area contributed by atoms with Crippen LogP contribution in [0, 0.1) is 6.92 Å². The molecule has 2 aromatic rings. The van der Waals surface area contributed by atoms with Gasteiger partial charge in [0.1, 0.15) is 23.7 Å². The van der Waals surface area contributed by atoms with Crippen LogP contribution in [0.1, 0.15) is 32.0 Å². The second kappa shape index (κ2) is 4.81. The van der Waals surface area contributed by atoms with Crippen molar-refractivity contribution < 1.29 is 6.11 Å². The minimum Gasteiger partial charge on any atom is -0.477 e. The van der Waals surface area contributed by atoms with Crippen molar-refractivity contribution in [2.24, 2.45) is 4.99 Å². The molecule has 0 radical (unpaired) electrons. The first-order valence-electron chi connectivity index (χ1n) is 7.91. The lowest BCUT2D eigenvalue weighted by Gasteiger charge is -2.07. The van der Waals surface area contributed by atoms with Crippen molar-refractivity contribution in [2.45, 2.75) is 38.4 Å². The van der Waals surface area contributed by atoms with Crippen LogP contribution in [-0.2, 0) is 4.74 Å². The minimum absolute atomic E-state index is 0.142. The van der Waals surface area contributed by atoms with Gasteiger partial charge >= 0.3 is 0 Å². The van der Waals surface area contributed by atoms with Gasteiger partial charge in [0.05, 0.1) is 6.91 Å². The Kier molecular flexibility index (Phi) is 2.77. The number of nitrogens with zero attached hydrogens (tertiary/aromatic N) is 3. The van der Waals surface area contributed by atoms with Crippen LogP contribution in [0.5, 0.6) is 0 Å². The monoisotopic (exact) mass is 314 g/mol. The molecule has 0 unspecified atom stereocenters. The first-order valence-corrected chi connectivity index (χ1v) is 8.29. The number of anilines is 1. The summed E-state index contributed by atoms with van der Waals surface area (Å²) in [5.74, 6) is 0.504. The SMILES string of the molecule is [2H][C@]1(C2=NC(C)(C)CO2)[C@@H](c2nc(C)cs2)N1c1ccccc1. The first kappa shape index (κ1) is 12.6. The number of ether oxygens (including phenoxy) is 1. The fourth-order valence-electron chi connectivity index (χ4n) is 2.73. The van der Waals surface area contributed by atoms with Crippen LogP contribution in [-0.4, -0.2) is 29.0 Å². The summed E-state index contributed by atoms with van der Waals surface area (Å²) in [6.07, 6.45) is 0. The van der Waals surface area contributed by atoms with Crippen LogP contribution in [0.4, 0.5) is 5.69 Å². The molecule has 114 valence electrons. The molecule has 2 aliphatic rings. The van der Waals surface area contributed by atoms with Crippen molar-refractivity contribution in [3.63, 3.8) is 0 Å². The Morgan fingerprint density at radius 3 is 2.73 bits per heavy atom. The van der Waals surface area contributed by atoms with E-state index in [0.717, 1.165) is 16.4 Å². The molecule has 3 heterocycles. The number of thiazole rings is 1. The normalized spacial score (nSPS) is 29.8. The lowest BCUT2D eigenvalue weighted by atomic mass is 10.1. The summed E-state index contributed by atoms with van der Waals surface area (Å²) < 4.78 is 14.9. The highest BCUT2D eigenvalue weighted by molar-refractivity contribution is 7.09. The number of aromatic nitrogens is 1. The summed E-state index contributed by atoms with van der Waals surface area (Å²) in [6, 6.07) is 8.84. The highest BCUT2D eigenvalue weighted by Crippen LogP contribution is 2.49. The molecule has 2 atom stereocenters. The summed E-state index contributed by atoms with van der Waals surface area (Å²) in [5.41, 5.74) is 1.72. The number of rotatable bonds is 3. The van der Waals surface area contributed by atoms with Crippen molar-refractivity contribution in [2.75, 3.05) is 11.5 Å². The van der Waals surface area contributed by atoms with Crippen molar-refractivity contribution in [3.05, 3.63) is 46.4 Å². The Hall–Kier alpha value is -1.88. The van der Waals surface area contributed by atoms with E-state index in [9.17, 15) is 0 Å². The summed E-state index contributed by atoms with van der Waals surface area (Å²) in [5, 5.41) is 2.97. The van der Waals surface area contributed by atoms with Crippen LogP contribution < -0.4 is 4.90 Å². The largest absolute Gasteiger partial charge is 0.477 e. The van der Waals surface area contributed by atoms with E-state index in [2.05, 4.69) is 9.98 Å². The van der Waals surface area contributed by atoms with Gasteiger partial charge in [0.25, 0.3) is 0 Å². The zero-order chi connectivity index (χ0) is 16.2. The minimum atomic E-state index is -1.00. The highest BCUT2D eigenvalue weighted by atomic mass is 32.1. The predicted molar refractivity (Wildman–Crippen MR) is 89.8 cm³/mol. The van der Waals surface area contributed by atoms with E-state index >= 15 is 0 Å². The second-order valence-electron chi connectivity index (χ2n) is 6.34. The standard InChI is InChI=1S/C17H19N3OS/c1-11-9-22-16(18-11)14-13(15-19-17(2,3)10-21-15)20(14)12-7-5-4-6-8-12/h4-9,13-14H,10H2,1-3H3/t13-,14+,20?/m1/s1/i13D. The van der Waals surface area contributed by atoms with Crippen molar-refractivity contribution in [3.8, 4) is 0 Å². The van der Waals surface area contributed by atoms with Crippen molar-refractivity contribution in [1.82, 2.24) is 4.98 Å². The molecule has 2 aliphatic heterocycles. The third-order valence-electron chi connectivity index (χ3n) is 3.80. The van der Waals surface area contributed by atoms with Crippen LogP contribution in [0.25, 0.3) is 0 Å². The first-order chi connectivity index (χ1) is 10.9. The van der Waals surface area contributed by atoms with Gasteiger partial charge in [-0.1, -0.05) is 18.2 Å². The predicted octanol–water partition coefficient (Wildman–Crippen LogP) is 3.59. The average molecular weight is 314 g/mol. The average Bonchev–Trinajstić information content (AvgIpc) is 2.81. The third kappa shape index (κ3) is 2.29. The molecule has 0 saturated carbocycles. The molecule has 0 spiro atoms. The summed E-state index contributed by atoms with van der Waals surface area (Å²) in [4.78, 5) is 11.3. The Morgan fingerprint density at radius 2 is 2.14 bits per heavy atom. The maximum Gasteiger partial charge on any atom is 0.210 e. The molecule has 1 aromatic heterocycles. The lowest BCUT2D eigenvalue weighted by molar-refractivity contribution is 0.275. The third-order valence-corrected chi connectivity index (χ3v) is 4.81. The quantitative estimate of drug-likeness (QED) is 0.813. The highest BCUT2D eigenvalue weighted by Gasteiger charge is 2.56. The zero-order valence-electron chi connectivity index (χ0n) is 13.9. The molecule has 1 saturated heterocycles. The van der Waals surface area contributed by atoms with E-state index < -0.39 is 6.02 Å². The van der Waals surface area contributed by atoms with Gasteiger partial charge in [-0.3, -0.25) is 0 Å². The molecule has 0 bridgehead atoms. The van der Waals surface area contributed by atoms with Gasteiger partial charge in [0.2, 0.25) is 5.90 Å². The van der Waals surface area contributed by atoms with Gasteiger partial charge in [0, 0.05) is 16.8 Å². The lowest BCUT2D eigenvalue weighted by Crippen LogP contribution is -2.17. The molecular weight excluding hydrogens is 294 g/mol. The number of hydrogen-bond acceptors (Lipinski definition) is 5. The molecule has 1 fully saturated rings. The van der Waals surface area contributed by atoms with Gasteiger partial charge in [-0.2, -0.15) is 0 Å². The van der Waals surface area contributed by atoms with Crippen LogP contribution in [0.2, 0.25) is 0 Å². The topological polar surface area (TPSA) is 37.5 Å². The van der Waals surface area contributed by atoms with E-state index in [1.807, 2.05) is 61.4 Å². The molecule has 1 aromatic carbocycles. The number of hydrogen-bond donors (Lipinski definition) is 0. The molecule has 4 rings (SSSR count). The smallest absolute Gasteiger partial charge is 0.210 e. The Labute approximate surface area is 135 Å². The number of aliphatic imine (C=N–C) groups is 1. The van der Waals surface area contributed by atoms with E-state index in [1.165, 1.54) is 0 Å². The fraction of sp³-hybridized carbons (Fsp3) is 0.412. The molecule has 0 aliphatic carbocycles. The number of benzene rings is 1. The maximum atomic E-state index is 9.05. The van der Waals surface area contributed by atoms with Crippen LogP contribution in [0.15, 0.2) is 40.7 Å². The van der Waals surface area contributed by atoms with E-state index in [0.29, 0.717) is 12.5 Å². The summed E-state index contributed by atoms with van der Waals surface area (Å²) in [7, 11) is 0. The Bertz CT molecular complexity index is 773. The fourth-order valence-corrected chi connectivity index (χ4v) is 3.62. The molecule has 0 amide bonds. The maximum absolute atomic E-state index is 9.05. The van der Waals surface area contributed by atoms with Crippen molar-refractivity contribution >= 4 is 22.9 Å². The van der Waals surface area contributed by atoms with E-state index in [4.69, 9.17) is 6.11 Å². The Morgan fingerprint density at radius 1 is 1.36 bits per heavy atom. The summed E-state index contributed by atoms with van der Waals surface area (Å²) >= 11 is 1.60. The van der Waals surface area contributed by atoms with E-state index in [1.54, 1.807) is 11.3 Å². The van der Waals surface area contributed by atoms with Crippen LogP contribution >= 0.6 is 11.3 Å². The van der Waals surface area contributed by atoms with Crippen molar-refractivity contribution in [1.29, 1.82) is 0 Å².